The summed E-state index contributed by atoms with van der Waals surface area (Å²) in [5.41, 5.74) is 1.41. The van der Waals surface area contributed by atoms with Crippen molar-refractivity contribution in [1.29, 1.82) is 0 Å². The van der Waals surface area contributed by atoms with Crippen molar-refractivity contribution in [2.24, 2.45) is 0 Å². The van der Waals surface area contributed by atoms with E-state index in [0.29, 0.717) is 42.8 Å². The van der Waals surface area contributed by atoms with Crippen LogP contribution in [0, 0.1) is 6.92 Å². The average molecular weight is 586 g/mol. The monoisotopic (exact) mass is 585 g/mol. The highest BCUT2D eigenvalue weighted by Gasteiger charge is 2.36. The predicted octanol–water partition coefficient (Wildman–Crippen LogP) is 6.11. The van der Waals surface area contributed by atoms with Gasteiger partial charge >= 0.3 is 6.09 Å². The summed E-state index contributed by atoms with van der Waals surface area (Å²) >= 11 is 1.57. The third kappa shape index (κ3) is 11.7. The Bertz CT molecular complexity index is 1120. The highest BCUT2D eigenvalue weighted by Crippen LogP contribution is 2.28. The van der Waals surface area contributed by atoms with Gasteiger partial charge in [0.15, 0.2) is 0 Å². The molecule has 0 aliphatic rings. The van der Waals surface area contributed by atoms with Crippen molar-refractivity contribution in [3.05, 3.63) is 65.2 Å². The summed E-state index contributed by atoms with van der Waals surface area (Å²) in [6.45, 7) is 9.83. The lowest BCUT2D eigenvalue weighted by atomic mass is 9.99. The van der Waals surface area contributed by atoms with Crippen molar-refractivity contribution in [2.45, 2.75) is 91.0 Å². The Hall–Kier alpha value is -3.20. The maximum absolute atomic E-state index is 14.3. The van der Waals surface area contributed by atoms with Gasteiger partial charge in [-0.1, -0.05) is 62.6 Å². The lowest BCUT2D eigenvalue weighted by Gasteiger charge is -2.35. The Kier molecular flexibility index (Phi) is 14.0. The number of rotatable bonds is 15. The molecule has 8 nitrogen and oxygen atoms in total. The van der Waals surface area contributed by atoms with Gasteiger partial charge in [-0.25, -0.2) is 4.79 Å². The van der Waals surface area contributed by atoms with Gasteiger partial charge < -0.3 is 25.4 Å². The maximum atomic E-state index is 14.3. The second-order valence-electron chi connectivity index (χ2n) is 11.2. The zero-order valence-electron chi connectivity index (χ0n) is 25.4. The molecule has 0 bridgehead atoms. The van der Waals surface area contributed by atoms with Crippen LogP contribution < -0.4 is 10.6 Å². The minimum Gasteiger partial charge on any atom is -0.508 e. The number of nitrogens with zero attached hydrogens (tertiary/aromatic N) is 1. The number of unbranched alkanes of at least 4 members (excludes halogenated alkanes) is 3. The molecule has 3 amide bonds. The molecule has 0 aromatic heterocycles. The summed E-state index contributed by atoms with van der Waals surface area (Å²) in [7, 11) is 0. The van der Waals surface area contributed by atoms with Crippen molar-refractivity contribution in [2.75, 3.05) is 18.6 Å². The van der Waals surface area contributed by atoms with Crippen LogP contribution in [0.5, 0.6) is 5.75 Å². The molecule has 226 valence electrons. The Labute approximate surface area is 249 Å². The fourth-order valence-corrected chi connectivity index (χ4v) is 4.89. The molecule has 0 spiro atoms. The lowest BCUT2D eigenvalue weighted by molar-refractivity contribution is -0.142. The number of ether oxygens (including phenoxy) is 1. The summed E-state index contributed by atoms with van der Waals surface area (Å²) in [6, 6.07) is 12.7. The average Bonchev–Trinajstić information content (AvgIpc) is 2.92. The normalized spacial score (nSPS) is 12.7. The van der Waals surface area contributed by atoms with E-state index in [0.717, 1.165) is 24.8 Å². The molecule has 0 aliphatic heterocycles. The number of nitrogens with one attached hydrogen (secondary N) is 2. The second-order valence-corrected chi connectivity index (χ2v) is 12.2. The first kappa shape index (κ1) is 34.0. The number of thioether (sulfide) groups is 1. The number of benzene rings is 2. The quantitative estimate of drug-likeness (QED) is 0.218. The minimum atomic E-state index is -0.954. The summed E-state index contributed by atoms with van der Waals surface area (Å²) in [6.07, 6.45) is 5.31. The number of alkyl carbamates (subject to hydrolysis) is 1. The van der Waals surface area contributed by atoms with E-state index in [9.17, 15) is 19.5 Å². The molecule has 0 heterocycles. The molecular weight excluding hydrogens is 538 g/mol. The fourth-order valence-electron chi connectivity index (χ4n) is 4.42. The van der Waals surface area contributed by atoms with Crippen molar-refractivity contribution in [3.63, 3.8) is 0 Å². The van der Waals surface area contributed by atoms with Crippen LogP contribution in [-0.2, 0) is 20.9 Å². The standard InChI is InChI=1S/C32H47N3O5S/c1-7-8-9-13-19-35(30(38)26(18-20-41-6)34-31(39)40-32(3,4)5)28(25-16-17-27(36)23(2)21-25)29(37)33-22-24-14-11-10-12-15-24/h10-12,14-17,21,26,28,36H,7-9,13,18-20,22H2,1-6H3,(H,33,37)(H,34,39). The third-order valence-corrected chi connectivity index (χ3v) is 7.19. The number of amides is 3. The Morgan fingerprint density at radius 1 is 1.05 bits per heavy atom. The molecule has 0 fully saturated rings. The predicted molar refractivity (Wildman–Crippen MR) is 166 cm³/mol. The molecule has 9 heteroatoms. The topological polar surface area (TPSA) is 108 Å². The first-order valence-corrected chi connectivity index (χ1v) is 15.8. The smallest absolute Gasteiger partial charge is 0.408 e. The molecule has 2 unspecified atom stereocenters. The van der Waals surface area contributed by atoms with E-state index in [1.165, 1.54) is 0 Å². The number of carbonyl (C=O) groups excluding carboxylic acids is 3. The summed E-state index contributed by atoms with van der Waals surface area (Å²) < 4.78 is 5.47. The van der Waals surface area contributed by atoms with E-state index in [1.807, 2.05) is 36.6 Å². The van der Waals surface area contributed by atoms with Gasteiger partial charge in [0.05, 0.1) is 0 Å². The van der Waals surface area contributed by atoms with Crippen molar-refractivity contribution < 1.29 is 24.2 Å². The molecule has 0 radical (unpaired) electrons. The van der Waals surface area contributed by atoms with Crippen molar-refractivity contribution >= 4 is 29.7 Å². The van der Waals surface area contributed by atoms with Crippen LogP contribution in [0.1, 0.15) is 82.5 Å². The molecule has 0 saturated heterocycles. The lowest BCUT2D eigenvalue weighted by Crippen LogP contribution is -2.53. The zero-order chi connectivity index (χ0) is 30.4. The van der Waals surface area contributed by atoms with Crippen molar-refractivity contribution in [3.8, 4) is 5.75 Å². The molecule has 3 N–H and O–H groups in total. The van der Waals surface area contributed by atoms with Crippen LogP contribution in [0.15, 0.2) is 48.5 Å². The van der Waals surface area contributed by atoms with Crippen LogP contribution in [0.3, 0.4) is 0 Å². The first-order valence-electron chi connectivity index (χ1n) is 14.4. The van der Waals surface area contributed by atoms with Gasteiger partial charge in [0.2, 0.25) is 11.8 Å². The van der Waals surface area contributed by atoms with Gasteiger partial charge in [-0.2, -0.15) is 11.8 Å². The Morgan fingerprint density at radius 2 is 1.76 bits per heavy atom. The summed E-state index contributed by atoms with van der Waals surface area (Å²) in [4.78, 5) is 42.5. The van der Waals surface area contributed by atoms with E-state index in [-0.39, 0.29) is 17.6 Å². The van der Waals surface area contributed by atoms with Crippen molar-refractivity contribution in [1.82, 2.24) is 15.5 Å². The minimum absolute atomic E-state index is 0.113. The van der Waals surface area contributed by atoms with E-state index in [2.05, 4.69) is 17.6 Å². The first-order chi connectivity index (χ1) is 19.5. The van der Waals surface area contributed by atoms with Gasteiger partial charge in [0.1, 0.15) is 23.4 Å². The van der Waals surface area contributed by atoms with Crippen LogP contribution in [0.25, 0.3) is 0 Å². The molecule has 2 aromatic carbocycles. The van der Waals surface area contributed by atoms with Gasteiger partial charge in [-0.3, -0.25) is 9.59 Å². The van der Waals surface area contributed by atoms with Crippen LogP contribution >= 0.6 is 11.8 Å². The van der Waals surface area contributed by atoms with E-state index in [1.54, 1.807) is 62.6 Å². The van der Waals surface area contributed by atoms with Gasteiger partial charge in [-0.05, 0) is 81.4 Å². The van der Waals surface area contributed by atoms with Gasteiger partial charge in [-0.15, -0.1) is 0 Å². The van der Waals surface area contributed by atoms with Crippen LogP contribution in [0.2, 0.25) is 0 Å². The zero-order valence-corrected chi connectivity index (χ0v) is 26.2. The van der Waals surface area contributed by atoms with E-state index < -0.39 is 23.8 Å². The molecule has 2 aromatic rings. The van der Waals surface area contributed by atoms with Crippen LogP contribution in [-0.4, -0.2) is 58.1 Å². The number of phenols is 1. The van der Waals surface area contributed by atoms with Gasteiger partial charge in [0, 0.05) is 13.1 Å². The summed E-state index contributed by atoms with van der Waals surface area (Å²) in [5.74, 6) is 0.0807. The Morgan fingerprint density at radius 3 is 2.37 bits per heavy atom. The highest BCUT2D eigenvalue weighted by molar-refractivity contribution is 7.98. The van der Waals surface area contributed by atoms with Crippen LogP contribution in [0.4, 0.5) is 4.79 Å². The molecule has 0 saturated carbocycles. The molecule has 2 rings (SSSR count). The molecular formula is C32H47N3O5S. The number of aryl methyl sites for hydroxylation is 1. The largest absolute Gasteiger partial charge is 0.508 e. The third-order valence-electron chi connectivity index (χ3n) is 6.54. The second kappa shape index (κ2) is 16.9. The Balaban J connectivity index is 2.49. The summed E-state index contributed by atoms with van der Waals surface area (Å²) in [5, 5.41) is 16.0. The number of carbonyl (C=O) groups is 3. The van der Waals surface area contributed by atoms with Gasteiger partial charge in [0.25, 0.3) is 0 Å². The number of hydrogen-bond donors (Lipinski definition) is 3. The molecule has 2 atom stereocenters. The number of phenolic OH excluding ortho intramolecular Hbond substituents is 1. The van der Waals surface area contributed by atoms with E-state index in [4.69, 9.17) is 4.74 Å². The van der Waals surface area contributed by atoms with E-state index >= 15 is 0 Å². The highest BCUT2D eigenvalue weighted by atomic mass is 32.2. The maximum Gasteiger partial charge on any atom is 0.408 e. The molecule has 41 heavy (non-hydrogen) atoms. The number of hydrogen-bond acceptors (Lipinski definition) is 6. The number of aromatic hydroxyl groups is 1. The SMILES string of the molecule is CCCCCCN(C(=O)C(CCSC)NC(=O)OC(C)(C)C)C(C(=O)NCc1ccccc1)c1ccc(O)c(C)c1. The fraction of sp³-hybridized carbons (Fsp3) is 0.531. The molecule has 0 aliphatic carbocycles.